The fraction of sp³-hybridized carbons (Fsp3) is 0.455. The lowest BCUT2D eigenvalue weighted by Gasteiger charge is -2.17. The number of aromatic nitrogens is 3. The fourth-order valence-corrected chi connectivity index (χ4v) is 3.49. The molecule has 4 atom stereocenters. The zero-order valence-corrected chi connectivity index (χ0v) is 12.9. The second-order valence-electron chi connectivity index (χ2n) is 4.48. The van der Waals surface area contributed by atoms with Gasteiger partial charge in [0, 0.05) is 9.77 Å². The number of hydrogen-bond donors (Lipinski definition) is 3. The number of fused-ring (bicyclic) bond motifs is 1. The van der Waals surface area contributed by atoms with Crippen LogP contribution in [-0.4, -0.2) is 54.8 Å². The molecule has 1 aliphatic rings. The van der Waals surface area contributed by atoms with Crippen LogP contribution >= 0.6 is 34.2 Å². The second-order valence-corrected chi connectivity index (χ2v) is 6.00. The van der Waals surface area contributed by atoms with Crippen LogP contribution in [0.5, 0.6) is 0 Å². The molecule has 0 radical (unpaired) electrons. The Kier molecular flexibility index (Phi) is 3.86. The van der Waals surface area contributed by atoms with E-state index in [1.807, 2.05) is 0 Å². The average Bonchev–Trinajstić information content (AvgIpc) is 2.90. The third kappa shape index (κ3) is 2.11. The number of aliphatic hydroxyl groups excluding tert-OH is 3. The molecule has 3 heterocycles. The van der Waals surface area contributed by atoms with Gasteiger partial charge in [0.15, 0.2) is 6.23 Å². The van der Waals surface area contributed by atoms with Gasteiger partial charge in [-0.05, 0) is 22.6 Å². The summed E-state index contributed by atoms with van der Waals surface area (Å²) in [6.07, 6.45) is -0.948. The standard InChI is InChI=1S/C11H11ClIN3O4/c12-9-6-4(13)1-16(10(6)15-3-14-9)11-8(19)7(18)5(2-17)20-11/h1,3,5,7-8,11,17-19H,2H2/t5-,7?,8+,11-/m1/s1. The van der Waals surface area contributed by atoms with Crippen molar-refractivity contribution < 1.29 is 20.1 Å². The SMILES string of the molecule is OC[C@H]1O[C@@H](n2cc(I)c3c(Cl)ncnc32)[C@@H](O)C1O. The minimum atomic E-state index is -1.16. The van der Waals surface area contributed by atoms with Gasteiger partial charge >= 0.3 is 0 Å². The van der Waals surface area contributed by atoms with Gasteiger partial charge in [0.2, 0.25) is 0 Å². The van der Waals surface area contributed by atoms with Gasteiger partial charge in [0.05, 0.1) is 12.0 Å². The molecule has 20 heavy (non-hydrogen) atoms. The van der Waals surface area contributed by atoms with Crippen LogP contribution in [0.4, 0.5) is 0 Å². The Hall–Kier alpha value is -0.520. The van der Waals surface area contributed by atoms with Gasteiger partial charge in [-0.3, -0.25) is 0 Å². The molecule has 1 aliphatic heterocycles. The maximum absolute atomic E-state index is 10.1. The molecular weight excluding hydrogens is 400 g/mol. The summed E-state index contributed by atoms with van der Waals surface area (Å²) >= 11 is 8.12. The highest BCUT2D eigenvalue weighted by Crippen LogP contribution is 2.35. The van der Waals surface area contributed by atoms with Crippen molar-refractivity contribution in [1.29, 1.82) is 0 Å². The normalized spacial score (nSPS) is 30.2. The Morgan fingerprint density at radius 2 is 2.10 bits per heavy atom. The minimum absolute atomic E-state index is 0.310. The van der Waals surface area contributed by atoms with Crippen molar-refractivity contribution in [3.63, 3.8) is 0 Å². The highest BCUT2D eigenvalue weighted by molar-refractivity contribution is 14.1. The van der Waals surface area contributed by atoms with Crippen LogP contribution < -0.4 is 0 Å². The molecule has 0 bridgehead atoms. The lowest BCUT2D eigenvalue weighted by atomic mass is 10.1. The van der Waals surface area contributed by atoms with Gasteiger partial charge < -0.3 is 24.6 Å². The number of nitrogens with zero attached hydrogens (tertiary/aromatic N) is 3. The number of rotatable bonds is 2. The molecule has 1 saturated heterocycles. The van der Waals surface area contributed by atoms with E-state index in [-0.39, 0.29) is 6.61 Å². The van der Waals surface area contributed by atoms with Crippen molar-refractivity contribution in [2.75, 3.05) is 6.61 Å². The van der Waals surface area contributed by atoms with E-state index in [0.717, 1.165) is 3.57 Å². The van der Waals surface area contributed by atoms with Gasteiger partial charge in [-0.15, -0.1) is 0 Å². The van der Waals surface area contributed by atoms with E-state index in [0.29, 0.717) is 16.2 Å². The van der Waals surface area contributed by atoms with Crippen LogP contribution in [0.1, 0.15) is 6.23 Å². The predicted octanol–water partition coefficient (Wildman–Crippen LogP) is 0.301. The summed E-state index contributed by atoms with van der Waals surface area (Å²) in [5.41, 5.74) is 0.504. The van der Waals surface area contributed by atoms with Crippen LogP contribution in [0.25, 0.3) is 11.0 Å². The van der Waals surface area contributed by atoms with Crippen LogP contribution in [0.3, 0.4) is 0 Å². The van der Waals surface area contributed by atoms with E-state index in [1.165, 1.54) is 6.33 Å². The van der Waals surface area contributed by atoms with Gasteiger partial charge in [-0.1, -0.05) is 11.6 Å². The summed E-state index contributed by atoms with van der Waals surface area (Å²) in [6, 6.07) is 0. The largest absolute Gasteiger partial charge is 0.394 e. The quantitative estimate of drug-likeness (QED) is 0.485. The van der Waals surface area contributed by atoms with E-state index < -0.39 is 24.5 Å². The molecule has 1 unspecified atom stereocenters. The summed E-state index contributed by atoms with van der Waals surface area (Å²) in [7, 11) is 0. The van der Waals surface area contributed by atoms with E-state index in [4.69, 9.17) is 21.4 Å². The Labute approximate surface area is 132 Å². The Bertz CT molecular complexity index is 652. The molecular formula is C11H11ClIN3O4. The lowest BCUT2D eigenvalue weighted by Crippen LogP contribution is -2.33. The van der Waals surface area contributed by atoms with E-state index >= 15 is 0 Å². The van der Waals surface area contributed by atoms with Crippen molar-refractivity contribution in [2.45, 2.75) is 24.5 Å². The molecule has 7 nitrogen and oxygen atoms in total. The van der Waals surface area contributed by atoms with Gasteiger partial charge in [-0.25, -0.2) is 9.97 Å². The van der Waals surface area contributed by atoms with E-state index in [1.54, 1.807) is 10.8 Å². The third-order valence-corrected chi connectivity index (χ3v) is 4.41. The first-order valence-corrected chi connectivity index (χ1v) is 7.29. The highest BCUT2D eigenvalue weighted by atomic mass is 127. The molecule has 0 aliphatic carbocycles. The Morgan fingerprint density at radius 1 is 1.35 bits per heavy atom. The second kappa shape index (κ2) is 5.35. The monoisotopic (exact) mass is 411 g/mol. The van der Waals surface area contributed by atoms with E-state index in [2.05, 4.69) is 32.6 Å². The van der Waals surface area contributed by atoms with Gasteiger partial charge in [0.1, 0.15) is 35.4 Å². The van der Waals surface area contributed by atoms with Crippen molar-refractivity contribution in [3.8, 4) is 0 Å². The molecule has 3 rings (SSSR count). The molecule has 108 valence electrons. The molecule has 1 fully saturated rings. The Balaban J connectivity index is 2.10. The van der Waals surface area contributed by atoms with Crippen LogP contribution in [0, 0.1) is 3.57 Å². The average molecular weight is 412 g/mol. The highest BCUT2D eigenvalue weighted by Gasteiger charge is 2.44. The maximum Gasteiger partial charge on any atom is 0.164 e. The first kappa shape index (κ1) is 14.4. The summed E-state index contributed by atoms with van der Waals surface area (Å²) < 4.78 is 7.89. The van der Waals surface area contributed by atoms with Gasteiger partial charge in [-0.2, -0.15) is 0 Å². The number of ether oxygens (including phenoxy) is 1. The summed E-state index contributed by atoms with van der Waals surface area (Å²) in [6.45, 7) is -0.374. The molecule has 3 N–H and O–H groups in total. The fourth-order valence-electron chi connectivity index (χ4n) is 2.31. The molecule has 0 aromatic carbocycles. The first-order chi connectivity index (χ1) is 9.54. The van der Waals surface area contributed by atoms with Crippen LogP contribution in [0.15, 0.2) is 12.5 Å². The third-order valence-electron chi connectivity index (χ3n) is 3.31. The minimum Gasteiger partial charge on any atom is -0.394 e. The molecule has 2 aromatic rings. The topological polar surface area (TPSA) is 101 Å². The van der Waals surface area contributed by atoms with Crippen molar-refractivity contribution in [2.24, 2.45) is 0 Å². The van der Waals surface area contributed by atoms with Crippen LogP contribution in [0.2, 0.25) is 5.15 Å². The Morgan fingerprint density at radius 3 is 2.75 bits per heavy atom. The molecule has 0 saturated carbocycles. The van der Waals surface area contributed by atoms with Crippen LogP contribution in [-0.2, 0) is 4.74 Å². The lowest BCUT2D eigenvalue weighted by molar-refractivity contribution is -0.0509. The summed E-state index contributed by atoms with van der Waals surface area (Å²) in [4.78, 5) is 8.06. The zero-order chi connectivity index (χ0) is 14.4. The van der Waals surface area contributed by atoms with Gasteiger partial charge in [0.25, 0.3) is 0 Å². The summed E-state index contributed by atoms with van der Waals surface area (Å²) in [5, 5.41) is 30.0. The van der Waals surface area contributed by atoms with Crippen molar-refractivity contribution in [3.05, 3.63) is 21.2 Å². The number of aliphatic hydroxyl groups is 3. The molecule has 2 aromatic heterocycles. The zero-order valence-electron chi connectivity index (χ0n) is 10.0. The smallest absolute Gasteiger partial charge is 0.164 e. The molecule has 0 amide bonds. The van der Waals surface area contributed by atoms with Crippen molar-refractivity contribution >= 4 is 45.2 Å². The first-order valence-electron chi connectivity index (χ1n) is 5.83. The maximum atomic E-state index is 10.1. The molecule has 0 spiro atoms. The number of halogens is 2. The molecule has 9 heteroatoms. The summed E-state index contributed by atoms with van der Waals surface area (Å²) in [5.74, 6) is 0. The predicted molar refractivity (Wildman–Crippen MR) is 78.3 cm³/mol. The van der Waals surface area contributed by atoms with E-state index in [9.17, 15) is 10.2 Å². The van der Waals surface area contributed by atoms with Crippen molar-refractivity contribution in [1.82, 2.24) is 14.5 Å². The number of hydrogen-bond acceptors (Lipinski definition) is 6.